The molecule has 0 aliphatic rings. The van der Waals surface area contributed by atoms with E-state index in [-0.39, 0.29) is 19.4 Å². The smallest absolute Gasteiger partial charge is 0.472 e. The number of unbranched alkanes of at least 4 members (excludes halogenated alkanes) is 27. The number of aliphatic carboxylic acids is 1. The largest absolute Gasteiger partial charge is 0.480 e. The highest BCUT2D eigenvalue weighted by atomic mass is 31.2. The van der Waals surface area contributed by atoms with Crippen molar-refractivity contribution in [1.82, 2.24) is 0 Å². The molecular formula is C50H92NO10P. The molecular weight excluding hydrogens is 806 g/mol. The summed E-state index contributed by atoms with van der Waals surface area (Å²) in [6.07, 6.45) is 50.8. The molecule has 0 aromatic heterocycles. The fourth-order valence-corrected chi connectivity index (χ4v) is 7.70. The Morgan fingerprint density at radius 3 is 1.32 bits per heavy atom. The second-order valence-corrected chi connectivity index (χ2v) is 18.4. The minimum Gasteiger partial charge on any atom is -0.480 e. The quantitative estimate of drug-likeness (QED) is 0.0230. The Balaban J connectivity index is 4.29. The number of ether oxygens (including phenoxy) is 2. The predicted molar refractivity (Wildman–Crippen MR) is 254 cm³/mol. The summed E-state index contributed by atoms with van der Waals surface area (Å²) in [4.78, 5) is 46.1. The van der Waals surface area contributed by atoms with Gasteiger partial charge in [0.15, 0.2) is 6.10 Å². The molecule has 0 aliphatic carbocycles. The SMILES string of the molecule is CCCCCCCC/C=C/CCCCCCCCCCCCCC(=O)OC[C@H](COP(=O)(O)OC[C@H](N)C(=O)O)OC(=O)CCC/C=C/C/C=C/CCCCCCCCCCC. The minimum absolute atomic E-state index is 0.0984. The number of carbonyl (C=O) groups excluding carboxylic acids is 2. The molecule has 0 spiro atoms. The van der Waals surface area contributed by atoms with Gasteiger partial charge >= 0.3 is 25.7 Å². The third-order valence-electron chi connectivity index (χ3n) is 10.9. The molecule has 0 radical (unpaired) electrons. The van der Waals surface area contributed by atoms with Gasteiger partial charge in [-0.05, 0) is 64.2 Å². The Hall–Kier alpha value is -2.30. The number of esters is 2. The average Bonchev–Trinajstić information content (AvgIpc) is 3.25. The highest BCUT2D eigenvalue weighted by molar-refractivity contribution is 7.47. The third-order valence-corrected chi connectivity index (χ3v) is 11.8. The summed E-state index contributed by atoms with van der Waals surface area (Å²) < 4.78 is 32.8. The highest BCUT2D eigenvalue weighted by Gasteiger charge is 2.28. The number of carboxylic acid groups (broad SMARTS) is 1. The number of nitrogens with two attached hydrogens (primary N) is 1. The van der Waals surface area contributed by atoms with E-state index in [0.29, 0.717) is 19.3 Å². The number of hydrogen-bond acceptors (Lipinski definition) is 9. The van der Waals surface area contributed by atoms with Gasteiger partial charge in [0, 0.05) is 12.8 Å². The lowest BCUT2D eigenvalue weighted by Gasteiger charge is -2.20. The Morgan fingerprint density at radius 1 is 0.500 bits per heavy atom. The summed E-state index contributed by atoms with van der Waals surface area (Å²) in [5, 5.41) is 8.91. The second kappa shape index (κ2) is 45.3. The monoisotopic (exact) mass is 898 g/mol. The van der Waals surface area contributed by atoms with Crippen LogP contribution >= 0.6 is 7.82 Å². The standard InChI is InChI=1S/C50H92NO10P/c1-3-5-7-9-11-13-15-17-19-21-22-23-24-26-27-29-31-33-35-37-39-41-48(52)58-43-46(44-59-62(56,57)60-45-47(51)50(54)55)61-49(53)42-40-38-36-34-32-30-28-25-20-18-16-14-12-10-8-6-4-2/h17,19,28,30,34,36,46-47H,3-16,18,20-27,29,31-33,35,37-45,51H2,1-2H3,(H,54,55)(H,56,57)/b19-17+,30-28+,36-34+/t46-,47+/m1/s1. The number of carboxylic acids is 1. The first-order chi connectivity index (χ1) is 30.1. The number of allylic oxidation sites excluding steroid dienone is 6. The van der Waals surface area contributed by atoms with Crippen molar-refractivity contribution in [2.45, 2.75) is 244 Å². The molecule has 3 atom stereocenters. The Morgan fingerprint density at radius 2 is 0.871 bits per heavy atom. The van der Waals surface area contributed by atoms with Crippen LogP contribution in [0.5, 0.6) is 0 Å². The van der Waals surface area contributed by atoms with Crippen LogP contribution in [0, 0.1) is 0 Å². The maximum absolute atomic E-state index is 12.6. The average molecular weight is 898 g/mol. The van der Waals surface area contributed by atoms with E-state index in [1.165, 1.54) is 154 Å². The lowest BCUT2D eigenvalue weighted by molar-refractivity contribution is -0.161. The molecule has 4 N–H and O–H groups in total. The molecule has 0 heterocycles. The molecule has 11 nitrogen and oxygen atoms in total. The van der Waals surface area contributed by atoms with Gasteiger partial charge in [-0.2, -0.15) is 0 Å². The zero-order valence-corrected chi connectivity index (χ0v) is 40.4. The first kappa shape index (κ1) is 59.7. The molecule has 0 aromatic carbocycles. The van der Waals surface area contributed by atoms with Crippen LogP contribution in [0.2, 0.25) is 0 Å². The van der Waals surface area contributed by atoms with Crippen LogP contribution in [0.25, 0.3) is 0 Å². The van der Waals surface area contributed by atoms with Crippen LogP contribution in [0.15, 0.2) is 36.5 Å². The van der Waals surface area contributed by atoms with Gasteiger partial charge in [-0.25, -0.2) is 4.57 Å². The number of rotatable bonds is 47. The van der Waals surface area contributed by atoms with Crippen molar-refractivity contribution >= 4 is 25.7 Å². The van der Waals surface area contributed by atoms with E-state index in [1.54, 1.807) is 0 Å². The zero-order chi connectivity index (χ0) is 45.6. The van der Waals surface area contributed by atoms with E-state index in [9.17, 15) is 23.8 Å². The van der Waals surface area contributed by atoms with Crippen molar-refractivity contribution in [1.29, 1.82) is 0 Å². The lowest BCUT2D eigenvalue weighted by atomic mass is 10.0. The maximum Gasteiger partial charge on any atom is 0.472 e. The van der Waals surface area contributed by atoms with Crippen molar-refractivity contribution in [3.8, 4) is 0 Å². The normalized spacial score (nSPS) is 13.9. The lowest BCUT2D eigenvalue weighted by Crippen LogP contribution is -2.34. The van der Waals surface area contributed by atoms with Crippen molar-refractivity contribution in [3.63, 3.8) is 0 Å². The van der Waals surface area contributed by atoms with Crippen LogP contribution in [0.3, 0.4) is 0 Å². The molecule has 0 fully saturated rings. The van der Waals surface area contributed by atoms with Gasteiger partial charge in [-0.3, -0.25) is 23.4 Å². The van der Waals surface area contributed by atoms with Crippen molar-refractivity contribution < 1.29 is 47.5 Å². The number of phosphoric ester groups is 1. The van der Waals surface area contributed by atoms with E-state index in [0.717, 1.165) is 32.1 Å². The Kier molecular flexibility index (Phi) is 43.6. The van der Waals surface area contributed by atoms with Crippen molar-refractivity contribution in [2.75, 3.05) is 19.8 Å². The predicted octanol–water partition coefficient (Wildman–Crippen LogP) is 14.0. The molecule has 12 heteroatoms. The molecule has 0 saturated heterocycles. The molecule has 0 amide bonds. The van der Waals surface area contributed by atoms with Crippen LogP contribution in [-0.2, 0) is 37.5 Å². The van der Waals surface area contributed by atoms with E-state index < -0.39 is 51.1 Å². The number of hydrogen-bond donors (Lipinski definition) is 3. The van der Waals surface area contributed by atoms with Gasteiger partial charge in [-0.15, -0.1) is 0 Å². The molecule has 362 valence electrons. The summed E-state index contributed by atoms with van der Waals surface area (Å²) in [6, 6.07) is -1.53. The van der Waals surface area contributed by atoms with Crippen LogP contribution in [0.4, 0.5) is 0 Å². The summed E-state index contributed by atoms with van der Waals surface area (Å²) in [5.41, 5.74) is 5.34. The van der Waals surface area contributed by atoms with E-state index in [2.05, 4.69) is 48.8 Å². The third kappa shape index (κ3) is 44.3. The van der Waals surface area contributed by atoms with E-state index in [1.807, 2.05) is 6.08 Å². The molecule has 0 aromatic rings. The maximum atomic E-state index is 12.6. The van der Waals surface area contributed by atoms with Crippen molar-refractivity contribution in [3.05, 3.63) is 36.5 Å². The molecule has 0 aliphatic heterocycles. The fourth-order valence-electron chi connectivity index (χ4n) is 6.92. The summed E-state index contributed by atoms with van der Waals surface area (Å²) in [5.74, 6) is -2.43. The highest BCUT2D eigenvalue weighted by Crippen LogP contribution is 2.43. The fraction of sp³-hybridized carbons (Fsp3) is 0.820. The van der Waals surface area contributed by atoms with Gasteiger partial charge in [0.1, 0.15) is 12.6 Å². The van der Waals surface area contributed by atoms with Crippen LogP contribution < -0.4 is 5.73 Å². The van der Waals surface area contributed by atoms with Gasteiger partial charge in [0.25, 0.3) is 0 Å². The molecule has 0 rings (SSSR count). The van der Waals surface area contributed by atoms with Gasteiger partial charge in [0.05, 0.1) is 13.2 Å². The Labute approximate surface area is 378 Å². The van der Waals surface area contributed by atoms with E-state index in [4.69, 9.17) is 24.8 Å². The first-order valence-electron chi connectivity index (χ1n) is 25.0. The Bertz CT molecular complexity index is 1190. The summed E-state index contributed by atoms with van der Waals surface area (Å²) in [7, 11) is -4.73. The van der Waals surface area contributed by atoms with Gasteiger partial charge in [0.2, 0.25) is 0 Å². The van der Waals surface area contributed by atoms with E-state index >= 15 is 0 Å². The van der Waals surface area contributed by atoms with Gasteiger partial charge < -0.3 is 25.2 Å². The van der Waals surface area contributed by atoms with Crippen LogP contribution in [-0.4, -0.2) is 59.9 Å². The molecule has 62 heavy (non-hydrogen) atoms. The van der Waals surface area contributed by atoms with Gasteiger partial charge in [-0.1, -0.05) is 192 Å². The molecule has 1 unspecified atom stereocenters. The minimum atomic E-state index is -4.73. The summed E-state index contributed by atoms with van der Waals surface area (Å²) >= 11 is 0. The van der Waals surface area contributed by atoms with Crippen LogP contribution in [0.1, 0.15) is 232 Å². The summed E-state index contributed by atoms with van der Waals surface area (Å²) in [6.45, 7) is 2.79. The molecule has 0 bridgehead atoms. The zero-order valence-electron chi connectivity index (χ0n) is 39.5. The number of phosphoric acid groups is 1. The first-order valence-corrected chi connectivity index (χ1v) is 26.5. The van der Waals surface area contributed by atoms with Crippen molar-refractivity contribution in [2.24, 2.45) is 5.73 Å². The second-order valence-electron chi connectivity index (χ2n) is 16.9. The number of carbonyl (C=O) groups is 3. The molecule has 0 saturated carbocycles. The topological polar surface area (TPSA) is 172 Å².